The van der Waals surface area contributed by atoms with E-state index in [1.807, 2.05) is 18.2 Å². The Morgan fingerprint density at radius 3 is 2.45 bits per heavy atom. The van der Waals surface area contributed by atoms with Crippen LogP contribution >= 0.6 is 23.2 Å². The maximum atomic E-state index is 12.9. The van der Waals surface area contributed by atoms with Crippen molar-refractivity contribution < 1.29 is 14.3 Å². The number of benzene rings is 2. The van der Waals surface area contributed by atoms with E-state index in [4.69, 9.17) is 27.9 Å². The molecule has 0 saturated carbocycles. The zero-order chi connectivity index (χ0) is 21.2. The van der Waals surface area contributed by atoms with Gasteiger partial charge in [-0.1, -0.05) is 54.7 Å². The van der Waals surface area contributed by atoms with E-state index in [0.717, 1.165) is 18.4 Å². The fourth-order valence-electron chi connectivity index (χ4n) is 2.69. The second-order valence-electron chi connectivity index (χ2n) is 6.68. The van der Waals surface area contributed by atoms with E-state index >= 15 is 0 Å². The summed E-state index contributed by atoms with van der Waals surface area (Å²) < 4.78 is 5.59. The van der Waals surface area contributed by atoms with Gasteiger partial charge in [-0.2, -0.15) is 0 Å². The van der Waals surface area contributed by atoms with E-state index in [1.54, 1.807) is 37.3 Å². The van der Waals surface area contributed by atoms with Gasteiger partial charge in [-0.25, -0.2) is 0 Å². The Morgan fingerprint density at radius 2 is 1.79 bits per heavy atom. The number of halogens is 2. The lowest BCUT2D eigenvalue weighted by Gasteiger charge is -2.29. The van der Waals surface area contributed by atoms with Crippen LogP contribution in [0.4, 0.5) is 0 Å². The Bertz CT molecular complexity index is 812. The van der Waals surface area contributed by atoms with Gasteiger partial charge in [0.1, 0.15) is 11.8 Å². The number of hydrogen-bond donors (Lipinski definition) is 1. The molecule has 1 atom stereocenters. The average molecular weight is 437 g/mol. The van der Waals surface area contributed by atoms with Gasteiger partial charge in [-0.05, 0) is 49.2 Å². The predicted octanol–water partition coefficient (Wildman–Crippen LogP) is 4.71. The highest BCUT2D eigenvalue weighted by Gasteiger charge is 2.26. The molecule has 0 aliphatic rings. The van der Waals surface area contributed by atoms with Crippen LogP contribution in [0.3, 0.4) is 0 Å². The Kier molecular flexibility index (Phi) is 9.29. The summed E-state index contributed by atoms with van der Waals surface area (Å²) in [6, 6.07) is 13.4. The normalized spacial score (nSPS) is 11.6. The first-order chi connectivity index (χ1) is 13.9. The molecule has 2 aromatic carbocycles. The topological polar surface area (TPSA) is 58.6 Å². The number of nitrogens with zero attached hydrogens (tertiary/aromatic N) is 1. The zero-order valence-electron chi connectivity index (χ0n) is 16.7. The van der Waals surface area contributed by atoms with Gasteiger partial charge in [-0.15, -0.1) is 0 Å². The lowest BCUT2D eigenvalue weighted by atomic mass is 10.1. The summed E-state index contributed by atoms with van der Waals surface area (Å²) in [5, 5.41) is 4.01. The predicted molar refractivity (Wildman–Crippen MR) is 116 cm³/mol. The van der Waals surface area contributed by atoms with Crippen molar-refractivity contribution in [2.45, 2.75) is 39.3 Å². The fraction of sp³-hybridized carbons (Fsp3) is 0.364. The maximum absolute atomic E-state index is 12.9. The van der Waals surface area contributed by atoms with Gasteiger partial charge in [-0.3, -0.25) is 9.59 Å². The number of carbonyl (C=O) groups excluding carboxylic acids is 2. The summed E-state index contributed by atoms with van der Waals surface area (Å²) in [4.78, 5) is 27.0. The Balaban J connectivity index is 2.11. The minimum Gasteiger partial charge on any atom is -0.484 e. The Hall–Kier alpha value is -2.24. The highest BCUT2D eigenvalue weighted by molar-refractivity contribution is 6.31. The third-order valence-corrected chi connectivity index (χ3v) is 5.09. The van der Waals surface area contributed by atoms with Gasteiger partial charge in [0.05, 0.1) is 0 Å². The van der Waals surface area contributed by atoms with Gasteiger partial charge in [0.25, 0.3) is 5.91 Å². The van der Waals surface area contributed by atoms with Gasteiger partial charge in [0, 0.05) is 23.1 Å². The standard InChI is InChI=1S/C22H26Cl2N2O3/c1-3-4-13-25-22(28)16(2)26(14-17-7-5-6-8-20(17)24)21(27)15-29-19-11-9-18(23)10-12-19/h5-12,16H,3-4,13-15H2,1-2H3,(H,25,28)/t16-/m0/s1. The lowest BCUT2D eigenvalue weighted by Crippen LogP contribution is -2.49. The van der Waals surface area contributed by atoms with E-state index in [0.29, 0.717) is 22.3 Å². The first-order valence-electron chi connectivity index (χ1n) is 9.61. The van der Waals surface area contributed by atoms with Crippen LogP contribution in [0, 0.1) is 0 Å². The first kappa shape index (κ1) is 23.0. The first-order valence-corrected chi connectivity index (χ1v) is 10.4. The highest BCUT2D eigenvalue weighted by Crippen LogP contribution is 2.20. The molecule has 0 spiro atoms. The molecule has 2 amide bonds. The molecular weight excluding hydrogens is 411 g/mol. The van der Waals surface area contributed by atoms with Crippen molar-refractivity contribution in [1.82, 2.24) is 10.2 Å². The van der Waals surface area contributed by atoms with Crippen LogP contribution in [0.25, 0.3) is 0 Å². The molecule has 5 nitrogen and oxygen atoms in total. The monoisotopic (exact) mass is 436 g/mol. The molecule has 0 aliphatic heterocycles. The molecule has 2 aromatic rings. The van der Waals surface area contributed by atoms with Gasteiger partial charge < -0.3 is 15.0 Å². The number of rotatable bonds is 10. The molecule has 0 heterocycles. The fourth-order valence-corrected chi connectivity index (χ4v) is 3.01. The second-order valence-corrected chi connectivity index (χ2v) is 7.52. The number of ether oxygens (including phenoxy) is 1. The molecule has 0 bridgehead atoms. The van der Waals surface area contributed by atoms with Crippen LogP contribution in [-0.4, -0.2) is 35.9 Å². The molecular formula is C22H26Cl2N2O3. The van der Waals surface area contributed by atoms with Crippen LogP contribution in [0.1, 0.15) is 32.3 Å². The molecule has 0 aromatic heterocycles. The summed E-state index contributed by atoms with van der Waals surface area (Å²) in [5.74, 6) is 0.0175. The van der Waals surface area contributed by atoms with Crippen molar-refractivity contribution in [3.8, 4) is 5.75 Å². The third-order valence-electron chi connectivity index (χ3n) is 4.47. The van der Waals surface area contributed by atoms with Crippen molar-refractivity contribution >= 4 is 35.0 Å². The SMILES string of the molecule is CCCCNC(=O)[C@H](C)N(Cc1ccccc1Cl)C(=O)COc1ccc(Cl)cc1. The minimum atomic E-state index is -0.663. The number of carbonyl (C=O) groups is 2. The van der Waals surface area contributed by atoms with Crippen LogP contribution < -0.4 is 10.1 Å². The van der Waals surface area contributed by atoms with Crippen molar-refractivity contribution in [2.24, 2.45) is 0 Å². The average Bonchev–Trinajstić information content (AvgIpc) is 2.72. The Morgan fingerprint density at radius 1 is 1.10 bits per heavy atom. The number of unbranched alkanes of at least 4 members (excludes halogenated alkanes) is 1. The van der Waals surface area contributed by atoms with Crippen molar-refractivity contribution in [1.29, 1.82) is 0 Å². The van der Waals surface area contributed by atoms with Gasteiger partial charge >= 0.3 is 0 Å². The minimum absolute atomic E-state index is 0.196. The van der Waals surface area contributed by atoms with Gasteiger partial charge in [0.2, 0.25) is 5.91 Å². The third kappa shape index (κ3) is 7.26. The van der Waals surface area contributed by atoms with E-state index in [9.17, 15) is 9.59 Å². The van der Waals surface area contributed by atoms with Crippen molar-refractivity contribution in [2.75, 3.05) is 13.2 Å². The number of nitrogens with one attached hydrogen (secondary N) is 1. The molecule has 7 heteroatoms. The van der Waals surface area contributed by atoms with Crippen LogP contribution in [0.2, 0.25) is 10.0 Å². The molecule has 29 heavy (non-hydrogen) atoms. The zero-order valence-corrected chi connectivity index (χ0v) is 18.2. The molecule has 156 valence electrons. The van der Waals surface area contributed by atoms with E-state index in [1.165, 1.54) is 4.90 Å². The summed E-state index contributed by atoms with van der Waals surface area (Å²) in [7, 11) is 0. The molecule has 0 saturated heterocycles. The van der Waals surface area contributed by atoms with E-state index < -0.39 is 6.04 Å². The number of hydrogen-bond acceptors (Lipinski definition) is 3. The molecule has 0 radical (unpaired) electrons. The van der Waals surface area contributed by atoms with Crippen molar-refractivity contribution in [3.05, 3.63) is 64.1 Å². The second kappa shape index (κ2) is 11.7. The van der Waals surface area contributed by atoms with E-state index in [2.05, 4.69) is 12.2 Å². The van der Waals surface area contributed by atoms with Crippen LogP contribution in [0.15, 0.2) is 48.5 Å². The van der Waals surface area contributed by atoms with Crippen LogP contribution in [0.5, 0.6) is 5.75 Å². The molecule has 0 aliphatic carbocycles. The smallest absolute Gasteiger partial charge is 0.261 e. The highest BCUT2D eigenvalue weighted by atomic mass is 35.5. The molecule has 0 fully saturated rings. The lowest BCUT2D eigenvalue weighted by molar-refractivity contribution is -0.142. The Labute approximate surface area is 181 Å². The summed E-state index contributed by atoms with van der Waals surface area (Å²) in [5.41, 5.74) is 0.766. The number of amides is 2. The van der Waals surface area contributed by atoms with Crippen LogP contribution in [-0.2, 0) is 16.1 Å². The summed E-state index contributed by atoms with van der Waals surface area (Å²) in [6.07, 6.45) is 1.86. The summed E-state index contributed by atoms with van der Waals surface area (Å²) >= 11 is 12.1. The quantitative estimate of drug-likeness (QED) is 0.548. The largest absolute Gasteiger partial charge is 0.484 e. The molecule has 2 rings (SSSR count). The van der Waals surface area contributed by atoms with Crippen molar-refractivity contribution in [3.63, 3.8) is 0 Å². The molecule has 0 unspecified atom stereocenters. The summed E-state index contributed by atoms with van der Waals surface area (Å²) in [6.45, 7) is 4.35. The maximum Gasteiger partial charge on any atom is 0.261 e. The van der Waals surface area contributed by atoms with Gasteiger partial charge in [0.15, 0.2) is 6.61 Å². The van der Waals surface area contributed by atoms with E-state index in [-0.39, 0.29) is 25.0 Å². The molecule has 1 N–H and O–H groups in total.